The molecule has 0 fully saturated rings. The van der Waals surface area contributed by atoms with Crippen molar-refractivity contribution in [1.82, 2.24) is 9.56 Å². The largest absolute Gasteiger partial charge is 0.485 e. The van der Waals surface area contributed by atoms with Gasteiger partial charge in [0.2, 0.25) is 0 Å². The SMILES string of the molecule is Cc1cc2nc(COc3ccccc3NC(=O)COc3ccc(C)c(C)c3)cc(=O)n2o1. The van der Waals surface area contributed by atoms with E-state index >= 15 is 0 Å². The van der Waals surface area contributed by atoms with Gasteiger partial charge in [0.15, 0.2) is 12.3 Å². The van der Waals surface area contributed by atoms with Crippen molar-refractivity contribution in [2.24, 2.45) is 0 Å². The van der Waals surface area contributed by atoms with Gasteiger partial charge >= 0.3 is 0 Å². The third-order valence-electron chi connectivity index (χ3n) is 4.91. The number of hydrogen-bond donors (Lipinski definition) is 1. The molecule has 0 bridgehead atoms. The lowest BCUT2D eigenvalue weighted by atomic mass is 10.1. The fourth-order valence-electron chi connectivity index (χ4n) is 3.13. The van der Waals surface area contributed by atoms with Crippen molar-refractivity contribution in [2.75, 3.05) is 11.9 Å². The summed E-state index contributed by atoms with van der Waals surface area (Å²) < 4.78 is 17.8. The molecular weight excluding hydrogens is 410 g/mol. The summed E-state index contributed by atoms with van der Waals surface area (Å²) in [5, 5.41) is 2.80. The molecule has 4 rings (SSSR count). The molecule has 0 aliphatic heterocycles. The molecule has 2 aromatic heterocycles. The summed E-state index contributed by atoms with van der Waals surface area (Å²) in [6.07, 6.45) is 0. The predicted octanol–water partition coefficient (Wildman–Crippen LogP) is 3.81. The Morgan fingerprint density at radius 3 is 2.66 bits per heavy atom. The number of carbonyl (C=O) groups excluding carboxylic acids is 1. The van der Waals surface area contributed by atoms with E-state index in [2.05, 4.69) is 10.3 Å². The van der Waals surface area contributed by atoms with Crippen molar-refractivity contribution >= 4 is 17.2 Å². The fraction of sp³-hybridized carbons (Fsp3) is 0.208. The molecule has 164 valence electrons. The summed E-state index contributed by atoms with van der Waals surface area (Å²) in [6, 6.07) is 15.8. The van der Waals surface area contributed by atoms with Gasteiger partial charge in [0.25, 0.3) is 11.5 Å². The molecule has 2 aromatic carbocycles. The third-order valence-corrected chi connectivity index (χ3v) is 4.91. The molecule has 8 nitrogen and oxygen atoms in total. The highest BCUT2D eigenvalue weighted by atomic mass is 16.5. The van der Waals surface area contributed by atoms with Crippen LogP contribution >= 0.6 is 0 Å². The van der Waals surface area contributed by atoms with E-state index in [0.29, 0.717) is 34.3 Å². The van der Waals surface area contributed by atoms with Crippen LogP contribution in [0.1, 0.15) is 22.6 Å². The van der Waals surface area contributed by atoms with E-state index in [9.17, 15) is 9.59 Å². The Morgan fingerprint density at radius 1 is 1.03 bits per heavy atom. The second-order valence-electron chi connectivity index (χ2n) is 7.45. The van der Waals surface area contributed by atoms with Crippen LogP contribution in [0.2, 0.25) is 0 Å². The van der Waals surface area contributed by atoms with Gasteiger partial charge < -0.3 is 19.3 Å². The van der Waals surface area contributed by atoms with Gasteiger partial charge in [0.05, 0.1) is 11.4 Å². The molecule has 0 saturated heterocycles. The first-order valence-electron chi connectivity index (χ1n) is 10.1. The Bertz CT molecular complexity index is 1340. The zero-order valence-electron chi connectivity index (χ0n) is 18.0. The Kier molecular flexibility index (Phi) is 5.93. The number of amides is 1. The number of para-hydroxylation sites is 2. The van der Waals surface area contributed by atoms with E-state index < -0.39 is 0 Å². The maximum Gasteiger partial charge on any atom is 0.287 e. The van der Waals surface area contributed by atoms with Gasteiger partial charge in [-0.25, -0.2) is 4.98 Å². The number of nitrogens with one attached hydrogen (secondary N) is 1. The van der Waals surface area contributed by atoms with E-state index in [1.807, 2.05) is 32.0 Å². The minimum atomic E-state index is -0.327. The normalized spacial score (nSPS) is 10.8. The highest BCUT2D eigenvalue weighted by molar-refractivity contribution is 5.93. The van der Waals surface area contributed by atoms with Crippen molar-refractivity contribution in [3.8, 4) is 11.5 Å². The maximum absolute atomic E-state index is 12.4. The molecule has 0 saturated carbocycles. The van der Waals surface area contributed by atoms with Gasteiger partial charge in [-0.05, 0) is 56.2 Å². The van der Waals surface area contributed by atoms with E-state index in [0.717, 1.165) is 15.7 Å². The second kappa shape index (κ2) is 8.97. The average molecular weight is 433 g/mol. The molecule has 2 heterocycles. The van der Waals surface area contributed by atoms with Crippen LogP contribution in [0.3, 0.4) is 0 Å². The first-order chi connectivity index (χ1) is 15.4. The lowest BCUT2D eigenvalue weighted by Crippen LogP contribution is -2.20. The number of anilines is 1. The smallest absolute Gasteiger partial charge is 0.287 e. The molecule has 0 aliphatic rings. The summed E-state index contributed by atoms with van der Waals surface area (Å²) in [5.74, 6) is 1.36. The highest BCUT2D eigenvalue weighted by Crippen LogP contribution is 2.25. The first-order valence-corrected chi connectivity index (χ1v) is 10.1. The van der Waals surface area contributed by atoms with Crippen molar-refractivity contribution in [3.63, 3.8) is 0 Å². The second-order valence-corrected chi connectivity index (χ2v) is 7.45. The maximum atomic E-state index is 12.4. The van der Waals surface area contributed by atoms with Crippen LogP contribution in [0.15, 0.2) is 63.9 Å². The number of ether oxygens (including phenoxy) is 2. The van der Waals surface area contributed by atoms with Crippen LogP contribution in [-0.2, 0) is 11.4 Å². The Balaban J connectivity index is 1.40. The monoisotopic (exact) mass is 433 g/mol. The van der Waals surface area contributed by atoms with Crippen LogP contribution < -0.4 is 20.3 Å². The minimum absolute atomic E-state index is 0.0575. The topological polar surface area (TPSA) is 95.1 Å². The molecule has 0 aliphatic carbocycles. The van der Waals surface area contributed by atoms with E-state index in [1.54, 1.807) is 37.3 Å². The molecule has 1 N–H and O–H groups in total. The van der Waals surface area contributed by atoms with Gasteiger partial charge in [-0.15, -0.1) is 4.57 Å². The Morgan fingerprint density at radius 2 is 1.84 bits per heavy atom. The van der Waals surface area contributed by atoms with E-state index in [-0.39, 0.29) is 24.7 Å². The van der Waals surface area contributed by atoms with Crippen LogP contribution in [0.25, 0.3) is 5.65 Å². The molecule has 4 aromatic rings. The number of hydrogen-bond acceptors (Lipinski definition) is 6. The molecule has 32 heavy (non-hydrogen) atoms. The zero-order valence-corrected chi connectivity index (χ0v) is 18.0. The lowest BCUT2D eigenvalue weighted by molar-refractivity contribution is -0.118. The molecule has 8 heteroatoms. The molecule has 0 spiro atoms. The Labute approximate surface area is 184 Å². The van der Waals surface area contributed by atoms with E-state index in [4.69, 9.17) is 14.0 Å². The summed E-state index contributed by atoms with van der Waals surface area (Å²) in [7, 11) is 0. The summed E-state index contributed by atoms with van der Waals surface area (Å²) in [5.41, 5.74) is 3.30. The molecule has 0 radical (unpaired) electrons. The lowest BCUT2D eigenvalue weighted by Gasteiger charge is -2.13. The van der Waals surface area contributed by atoms with Gasteiger partial charge in [0.1, 0.15) is 23.9 Å². The number of fused-ring (bicyclic) bond motifs is 1. The number of benzene rings is 2. The summed E-state index contributed by atoms with van der Waals surface area (Å²) in [6.45, 7) is 5.68. The molecule has 1 amide bonds. The Hall–Kier alpha value is -4.07. The zero-order chi connectivity index (χ0) is 22.7. The quantitative estimate of drug-likeness (QED) is 0.476. The van der Waals surface area contributed by atoms with Gasteiger partial charge in [0, 0.05) is 12.1 Å². The van der Waals surface area contributed by atoms with Gasteiger partial charge in [-0.3, -0.25) is 9.59 Å². The number of rotatable bonds is 7. The van der Waals surface area contributed by atoms with Crippen molar-refractivity contribution < 1.29 is 18.8 Å². The van der Waals surface area contributed by atoms with Crippen molar-refractivity contribution in [3.05, 3.63) is 87.5 Å². The average Bonchev–Trinajstić information content (AvgIpc) is 3.15. The fourth-order valence-corrected chi connectivity index (χ4v) is 3.13. The number of aryl methyl sites for hydroxylation is 3. The number of carbonyl (C=O) groups is 1. The number of aromatic nitrogens is 2. The summed E-state index contributed by atoms with van der Waals surface area (Å²) in [4.78, 5) is 28.9. The molecule has 0 atom stereocenters. The van der Waals surface area contributed by atoms with E-state index in [1.165, 1.54) is 6.07 Å². The van der Waals surface area contributed by atoms with Crippen LogP contribution in [-0.4, -0.2) is 22.1 Å². The standard InChI is InChI=1S/C24H23N3O5/c1-15-8-9-19(10-16(15)2)30-14-23(28)26-20-6-4-5-7-21(20)31-13-18-12-24(29)27-22(25-18)11-17(3)32-27/h4-12H,13-14H2,1-3H3,(H,26,28). The van der Waals surface area contributed by atoms with Crippen LogP contribution in [0.5, 0.6) is 11.5 Å². The van der Waals surface area contributed by atoms with Crippen LogP contribution in [0, 0.1) is 20.8 Å². The highest BCUT2D eigenvalue weighted by Gasteiger charge is 2.11. The minimum Gasteiger partial charge on any atom is -0.485 e. The third kappa shape index (κ3) is 4.80. The summed E-state index contributed by atoms with van der Waals surface area (Å²) >= 11 is 0. The molecular formula is C24H23N3O5. The predicted molar refractivity (Wildman–Crippen MR) is 119 cm³/mol. The number of nitrogens with zero attached hydrogens (tertiary/aromatic N) is 2. The van der Waals surface area contributed by atoms with Crippen molar-refractivity contribution in [1.29, 1.82) is 0 Å². The van der Waals surface area contributed by atoms with Crippen LogP contribution in [0.4, 0.5) is 5.69 Å². The van der Waals surface area contributed by atoms with Crippen molar-refractivity contribution in [2.45, 2.75) is 27.4 Å². The van der Waals surface area contributed by atoms with Gasteiger partial charge in [-0.1, -0.05) is 18.2 Å². The van der Waals surface area contributed by atoms with Gasteiger partial charge in [-0.2, -0.15) is 0 Å². The molecule has 0 unspecified atom stereocenters. The first kappa shape index (κ1) is 21.2.